The Labute approximate surface area is 188 Å². The van der Waals surface area contributed by atoms with Crippen molar-refractivity contribution in [1.29, 1.82) is 0 Å². The third-order valence-corrected chi connectivity index (χ3v) is 5.52. The minimum Gasteiger partial charge on any atom is -0.507 e. The first-order valence-corrected chi connectivity index (χ1v) is 10.9. The summed E-state index contributed by atoms with van der Waals surface area (Å²) in [5.41, 5.74) is 4.46. The first kappa shape index (κ1) is 25.2. The number of phenols is 2. The summed E-state index contributed by atoms with van der Waals surface area (Å²) in [5.74, 6) is 0.565. The molecule has 2 aromatic carbocycles. The van der Waals surface area contributed by atoms with Crippen LogP contribution < -0.4 is 0 Å². The van der Waals surface area contributed by atoms with Gasteiger partial charge in [0.1, 0.15) is 11.5 Å². The normalized spacial score (nSPS) is 13.0. The number of hydrogen-bond acceptors (Lipinski definition) is 4. The fourth-order valence-electron chi connectivity index (χ4n) is 3.40. The Morgan fingerprint density at radius 2 is 0.935 bits per heavy atom. The zero-order valence-corrected chi connectivity index (χ0v) is 20.9. The predicted octanol–water partition coefficient (Wildman–Crippen LogP) is 6.67. The Balaban J connectivity index is 2.49. The third kappa shape index (κ3) is 6.47. The van der Waals surface area contributed by atoms with Crippen LogP contribution in [0.4, 0.5) is 0 Å². The van der Waals surface area contributed by atoms with Gasteiger partial charge in [-0.05, 0) is 89.8 Å². The highest BCUT2D eigenvalue weighted by Gasteiger charge is 2.27. The second kappa shape index (κ2) is 8.84. The molecule has 4 nitrogen and oxygen atoms in total. The number of hydrogen-bond donors (Lipinski definition) is 2. The van der Waals surface area contributed by atoms with Gasteiger partial charge in [-0.3, -0.25) is 0 Å². The maximum absolute atomic E-state index is 10.6. The first-order chi connectivity index (χ1) is 14.0. The highest BCUT2D eigenvalue weighted by atomic mass is 16.5. The molecule has 0 saturated carbocycles. The van der Waals surface area contributed by atoms with E-state index in [0.717, 1.165) is 33.4 Å². The van der Waals surface area contributed by atoms with Gasteiger partial charge in [0.2, 0.25) is 0 Å². The maximum Gasteiger partial charge on any atom is 0.124 e. The molecule has 0 aliphatic carbocycles. The summed E-state index contributed by atoms with van der Waals surface area (Å²) >= 11 is 0. The fraction of sp³-hybridized carbons (Fsp3) is 0.556. The van der Waals surface area contributed by atoms with Crippen molar-refractivity contribution in [1.82, 2.24) is 0 Å². The molecule has 0 atom stereocenters. The van der Waals surface area contributed by atoms with Crippen LogP contribution in [0.5, 0.6) is 11.5 Å². The molecular formula is C27H40O4. The van der Waals surface area contributed by atoms with E-state index in [4.69, 9.17) is 9.47 Å². The fourth-order valence-corrected chi connectivity index (χ4v) is 3.40. The van der Waals surface area contributed by atoms with Gasteiger partial charge in [0.25, 0.3) is 0 Å². The van der Waals surface area contributed by atoms with Crippen molar-refractivity contribution in [3.05, 3.63) is 57.6 Å². The highest BCUT2D eigenvalue weighted by Crippen LogP contribution is 2.39. The van der Waals surface area contributed by atoms with Gasteiger partial charge in [0.15, 0.2) is 0 Å². The van der Waals surface area contributed by atoms with Gasteiger partial charge in [0.05, 0.1) is 24.4 Å². The van der Waals surface area contributed by atoms with Crippen LogP contribution in [0.1, 0.15) is 88.8 Å². The van der Waals surface area contributed by atoms with E-state index < -0.39 is 0 Å². The Hall–Kier alpha value is -2.04. The van der Waals surface area contributed by atoms with Gasteiger partial charge >= 0.3 is 0 Å². The van der Waals surface area contributed by atoms with Crippen LogP contribution in [0, 0.1) is 13.8 Å². The average Bonchev–Trinajstić information content (AvgIpc) is 2.62. The van der Waals surface area contributed by atoms with Crippen molar-refractivity contribution in [2.45, 2.75) is 99.1 Å². The summed E-state index contributed by atoms with van der Waals surface area (Å²) in [6.07, 6.45) is 0. The molecule has 2 rings (SSSR count). The quantitative estimate of drug-likeness (QED) is 0.539. The van der Waals surface area contributed by atoms with E-state index in [2.05, 4.69) is 13.8 Å². The second-order valence-electron chi connectivity index (χ2n) is 11.0. The van der Waals surface area contributed by atoms with E-state index in [1.54, 1.807) is 0 Å². The summed E-state index contributed by atoms with van der Waals surface area (Å²) in [7, 11) is 0. The number of benzene rings is 2. The van der Waals surface area contributed by atoms with Gasteiger partial charge in [-0.25, -0.2) is 0 Å². The average molecular weight is 429 g/mol. The van der Waals surface area contributed by atoms with Crippen LogP contribution in [-0.4, -0.2) is 21.4 Å². The lowest BCUT2D eigenvalue weighted by Crippen LogP contribution is -2.22. The molecule has 0 fully saturated rings. The summed E-state index contributed by atoms with van der Waals surface area (Å²) in [4.78, 5) is 0. The number of aryl methyl sites for hydroxylation is 2. The molecule has 0 amide bonds. The molecule has 0 unspecified atom stereocenters. The molecule has 0 aliphatic rings. The Kier molecular flexibility index (Phi) is 7.19. The molecule has 0 heterocycles. The smallest absolute Gasteiger partial charge is 0.124 e. The third-order valence-electron chi connectivity index (χ3n) is 5.52. The molecule has 0 aromatic heterocycles. The van der Waals surface area contributed by atoms with Gasteiger partial charge in [-0.15, -0.1) is 0 Å². The molecule has 0 saturated heterocycles. The van der Waals surface area contributed by atoms with Crippen molar-refractivity contribution >= 4 is 0 Å². The zero-order chi connectivity index (χ0) is 23.8. The van der Waals surface area contributed by atoms with Crippen LogP contribution in [0.15, 0.2) is 24.3 Å². The number of phenolic OH excluding ortho intramolecular Hbond substituents is 2. The maximum atomic E-state index is 10.6. The minimum atomic E-state index is -0.343. The highest BCUT2D eigenvalue weighted by molar-refractivity contribution is 5.51. The number of aromatic hydroxyl groups is 2. The monoisotopic (exact) mass is 428 g/mol. The SMILES string of the molecule is Cc1cc(C(C)(C)c2cc(C)c(O)c(COC(C)(C)C)c2)cc(COC(C)(C)C)c1O. The number of ether oxygens (including phenoxy) is 2. The molecular weight excluding hydrogens is 388 g/mol. The van der Waals surface area contributed by atoms with Crippen LogP contribution in [0.3, 0.4) is 0 Å². The molecule has 172 valence electrons. The van der Waals surface area contributed by atoms with Crippen molar-refractivity contribution in [2.24, 2.45) is 0 Å². The van der Waals surface area contributed by atoms with Crippen molar-refractivity contribution in [3.8, 4) is 11.5 Å². The molecule has 0 spiro atoms. The van der Waals surface area contributed by atoms with E-state index in [1.807, 2.05) is 79.7 Å². The largest absolute Gasteiger partial charge is 0.507 e. The Morgan fingerprint density at radius 1 is 0.613 bits per heavy atom. The molecule has 2 N–H and O–H groups in total. The van der Waals surface area contributed by atoms with Crippen LogP contribution in [0.25, 0.3) is 0 Å². The topological polar surface area (TPSA) is 58.9 Å². The van der Waals surface area contributed by atoms with E-state index in [0.29, 0.717) is 13.2 Å². The van der Waals surface area contributed by atoms with Gasteiger partial charge in [-0.2, -0.15) is 0 Å². The van der Waals surface area contributed by atoms with Crippen LogP contribution in [0.2, 0.25) is 0 Å². The molecule has 0 aliphatic heterocycles. The molecule has 2 aromatic rings. The summed E-state index contributed by atoms with van der Waals surface area (Å²) in [6, 6.07) is 8.12. The van der Waals surface area contributed by atoms with Crippen molar-refractivity contribution in [3.63, 3.8) is 0 Å². The van der Waals surface area contributed by atoms with Crippen LogP contribution >= 0.6 is 0 Å². The van der Waals surface area contributed by atoms with Gasteiger partial charge < -0.3 is 19.7 Å². The molecule has 31 heavy (non-hydrogen) atoms. The predicted molar refractivity (Wildman–Crippen MR) is 127 cm³/mol. The summed E-state index contributed by atoms with van der Waals surface area (Å²) in [6.45, 7) is 20.9. The lowest BCUT2D eigenvalue weighted by Gasteiger charge is -2.30. The second-order valence-corrected chi connectivity index (χ2v) is 11.0. The standard InChI is InChI=1S/C27H40O4/c1-17-11-21(13-19(23(17)28)15-30-25(3,4)5)27(9,10)22-12-18(2)24(29)20(14-22)16-31-26(6,7)8/h11-14,28-29H,15-16H2,1-10H3. The summed E-state index contributed by atoms with van der Waals surface area (Å²) in [5, 5.41) is 21.2. The first-order valence-electron chi connectivity index (χ1n) is 10.9. The zero-order valence-electron chi connectivity index (χ0n) is 20.9. The minimum absolute atomic E-state index is 0.282. The molecule has 0 bridgehead atoms. The molecule has 0 radical (unpaired) electrons. The van der Waals surface area contributed by atoms with Gasteiger partial charge in [-0.1, -0.05) is 26.0 Å². The molecule has 4 heteroatoms. The van der Waals surface area contributed by atoms with Crippen molar-refractivity contribution in [2.75, 3.05) is 0 Å². The van der Waals surface area contributed by atoms with E-state index in [9.17, 15) is 10.2 Å². The van der Waals surface area contributed by atoms with Crippen molar-refractivity contribution < 1.29 is 19.7 Å². The summed E-state index contributed by atoms with van der Waals surface area (Å²) < 4.78 is 11.9. The van der Waals surface area contributed by atoms with Crippen LogP contribution in [-0.2, 0) is 28.1 Å². The lowest BCUT2D eigenvalue weighted by atomic mass is 9.76. The van der Waals surface area contributed by atoms with Gasteiger partial charge in [0, 0.05) is 16.5 Å². The van der Waals surface area contributed by atoms with E-state index in [1.165, 1.54) is 0 Å². The van der Waals surface area contributed by atoms with E-state index >= 15 is 0 Å². The van der Waals surface area contributed by atoms with E-state index in [-0.39, 0.29) is 28.1 Å². The number of rotatable bonds is 6. The Bertz CT molecular complexity index is 852. The lowest BCUT2D eigenvalue weighted by molar-refractivity contribution is -0.0159. The Morgan fingerprint density at radius 3 is 1.23 bits per heavy atom.